The minimum atomic E-state index is 0.519. The van der Waals surface area contributed by atoms with Gasteiger partial charge >= 0.3 is 0 Å². The van der Waals surface area contributed by atoms with Crippen molar-refractivity contribution in [1.29, 1.82) is 0 Å². The maximum absolute atomic E-state index is 5.59. The van der Waals surface area contributed by atoms with Crippen LogP contribution in [0.25, 0.3) is 0 Å². The highest BCUT2D eigenvalue weighted by molar-refractivity contribution is 5.61. The van der Waals surface area contributed by atoms with Gasteiger partial charge in [-0.3, -0.25) is 4.68 Å². The average Bonchev–Trinajstić information content (AvgIpc) is 2.78. The molecule has 0 aromatic carbocycles. The largest absolute Gasteiger partial charge is 0.394 e. The Kier molecular flexibility index (Phi) is 4.03. The zero-order valence-corrected chi connectivity index (χ0v) is 10.9. The maximum Gasteiger partial charge on any atom is 0.145 e. The lowest BCUT2D eigenvalue weighted by Crippen LogP contribution is -2.02. The van der Waals surface area contributed by atoms with Crippen LogP contribution in [-0.4, -0.2) is 19.6 Å². The Hall–Kier alpha value is -2.38. The first kappa shape index (κ1) is 13.7. The van der Waals surface area contributed by atoms with Crippen LogP contribution in [0.3, 0.4) is 0 Å². The number of aromatic nitrogens is 4. The standard InChI is InChI=1S/C6H12N4.C4H8N4/c1-3-10-6(8)5(7)4(2)9-10;1-8-4(6)3(5)2-7-8/h3,7-8H2,1-2H3;2H,5-6H2,1H3. The summed E-state index contributed by atoms with van der Waals surface area (Å²) in [6.07, 6.45) is 1.52. The molecule has 8 N–H and O–H groups in total. The van der Waals surface area contributed by atoms with Gasteiger partial charge in [0.2, 0.25) is 0 Å². The molecule has 8 nitrogen and oxygen atoms in total. The Labute approximate surface area is 106 Å². The Balaban J connectivity index is 0.000000184. The molecule has 0 bridgehead atoms. The Morgan fingerprint density at radius 1 is 1.17 bits per heavy atom. The smallest absolute Gasteiger partial charge is 0.145 e. The molecule has 2 heterocycles. The van der Waals surface area contributed by atoms with E-state index in [1.807, 2.05) is 13.8 Å². The number of hydrogen-bond acceptors (Lipinski definition) is 6. The summed E-state index contributed by atoms with van der Waals surface area (Å²) in [5.41, 5.74) is 23.8. The average molecular weight is 252 g/mol. The van der Waals surface area contributed by atoms with E-state index in [4.69, 9.17) is 22.9 Å². The fraction of sp³-hybridized carbons (Fsp3) is 0.400. The van der Waals surface area contributed by atoms with E-state index in [0.717, 1.165) is 12.2 Å². The van der Waals surface area contributed by atoms with E-state index in [2.05, 4.69) is 10.2 Å². The molecule has 0 amide bonds. The van der Waals surface area contributed by atoms with Crippen molar-refractivity contribution in [3.8, 4) is 0 Å². The second kappa shape index (κ2) is 5.30. The summed E-state index contributed by atoms with van der Waals surface area (Å²) in [4.78, 5) is 0. The molecule has 2 aromatic heterocycles. The van der Waals surface area contributed by atoms with Crippen LogP contribution in [0.5, 0.6) is 0 Å². The van der Waals surface area contributed by atoms with E-state index < -0.39 is 0 Å². The molecule has 0 aliphatic rings. The first-order chi connectivity index (χ1) is 8.38. The highest BCUT2D eigenvalue weighted by Gasteiger charge is 2.05. The van der Waals surface area contributed by atoms with Gasteiger partial charge in [0, 0.05) is 13.6 Å². The summed E-state index contributed by atoms with van der Waals surface area (Å²) in [6.45, 7) is 4.59. The highest BCUT2D eigenvalue weighted by atomic mass is 15.3. The highest BCUT2D eigenvalue weighted by Crippen LogP contribution is 2.17. The molecule has 0 spiro atoms. The van der Waals surface area contributed by atoms with Crippen LogP contribution in [0.1, 0.15) is 12.6 Å². The number of aryl methyl sites for hydroxylation is 3. The van der Waals surface area contributed by atoms with Crippen molar-refractivity contribution in [3.05, 3.63) is 11.9 Å². The van der Waals surface area contributed by atoms with Crippen molar-refractivity contribution in [2.75, 3.05) is 22.9 Å². The molecular formula is C10H20N8. The van der Waals surface area contributed by atoms with Gasteiger partial charge in [0.1, 0.15) is 11.6 Å². The van der Waals surface area contributed by atoms with Crippen LogP contribution in [-0.2, 0) is 13.6 Å². The molecule has 100 valence electrons. The third-order valence-electron chi connectivity index (χ3n) is 2.53. The topological polar surface area (TPSA) is 140 Å². The van der Waals surface area contributed by atoms with Crippen LogP contribution in [0.15, 0.2) is 6.20 Å². The molecule has 0 aliphatic heterocycles. The third kappa shape index (κ3) is 2.65. The lowest BCUT2D eigenvalue weighted by atomic mass is 10.4. The normalized spacial score (nSPS) is 9.94. The van der Waals surface area contributed by atoms with Crippen LogP contribution >= 0.6 is 0 Å². The van der Waals surface area contributed by atoms with E-state index in [-0.39, 0.29) is 0 Å². The molecular weight excluding hydrogens is 232 g/mol. The monoisotopic (exact) mass is 252 g/mol. The molecule has 0 saturated carbocycles. The molecule has 0 atom stereocenters. The number of nitrogens with two attached hydrogens (primary N) is 4. The number of anilines is 4. The van der Waals surface area contributed by atoms with Gasteiger partial charge in [0.05, 0.1) is 23.3 Å². The van der Waals surface area contributed by atoms with Crippen molar-refractivity contribution in [3.63, 3.8) is 0 Å². The van der Waals surface area contributed by atoms with Crippen molar-refractivity contribution in [2.45, 2.75) is 20.4 Å². The molecule has 2 rings (SSSR count). The third-order valence-corrected chi connectivity index (χ3v) is 2.53. The van der Waals surface area contributed by atoms with E-state index in [1.165, 1.54) is 10.9 Å². The second-order valence-electron chi connectivity index (χ2n) is 3.81. The number of nitrogen functional groups attached to an aromatic ring is 4. The fourth-order valence-corrected chi connectivity index (χ4v) is 1.32. The van der Waals surface area contributed by atoms with Crippen molar-refractivity contribution < 1.29 is 0 Å². The molecule has 0 saturated heterocycles. The van der Waals surface area contributed by atoms with Gasteiger partial charge in [-0.25, -0.2) is 4.68 Å². The van der Waals surface area contributed by atoms with Gasteiger partial charge in [-0.05, 0) is 13.8 Å². The number of nitrogens with zero attached hydrogens (tertiary/aromatic N) is 4. The Bertz CT molecular complexity index is 505. The zero-order valence-electron chi connectivity index (χ0n) is 10.9. The van der Waals surface area contributed by atoms with Crippen molar-refractivity contribution >= 4 is 23.0 Å². The quantitative estimate of drug-likeness (QED) is 0.561. The van der Waals surface area contributed by atoms with E-state index in [0.29, 0.717) is 23.0 Å². The van der Waals surface area contributed by atoms with E-state index in [9.17, 15) is 0 Å². The number of rotatable bonds is 1. The fourth-order valence-electron chi connectivity index (χ4n) is 1.32. The second-order valence-corrected chi connectivity index (χ2v) is 3.81. The van der Waals surface area contributed by atoms with Gasteiger partial charge in [-0.2, -0.15) is 10.2 Å². The van der Waals surface area contributed by atoms with Crippen LogP contribution in [0.2, 0.25) is 0 Å². The SMILES string of the molecule is CCn1nc(C)c(N)c1N.Cn1ncc(N)c1N. The summed E-state index contributed by atoms with van der Waals surface area (Å²) in [5.74, 6) is 1.09. The Morgan fingerprint density at radius 3 is 1.94 bits per heavy atom. The minimum Gasteiger partial charge on any atom is -0.394 e. The Morgan fingerprint density at radius 2 is 1.78 bits per heavy atom. The lowest BCUT2D eigenvalue weighted by molar-refractivity contribution is 0.663. The van der Waals surface area contributed by atoms with Crippen molar-refractivity contribution in [1.82, 2.24) is 19.6 Å². The minimum absolute atomic E-state index is 0.519. The van der Waals surface area contributed by atoms with Gasteiger partial charge in [-0.1, -0.05) is 0 Å². The first-order valence-electron chi connectivity index (χ1n) is 5.49. The molecule has 0 radical (unpaired) electrons. The number of hydrogen-bond donors (Lipinski definition) is 4. The summed E-state index contributed by atoms with van der Waals surface area (Å²) >= 11 is 0. The summed E-state index contributed by atoms with van der Waals surface area (Å²) in [5, 5.41) is 7.88. The van der Waals surface area contributed by atoms with Gasteiger partial charge in [0.25, 0.3) is 0 Å². The van der Waals surface area contributed by atoms with E-state index in [1.54, 1.807) is 11.7 Å². The summed E-state index contributed by atoms with van der Waals surface area (Å²) in [6, 6.07) is 0. The predicted octanol–water partition coefficient (Wildman–Crippen LogP) is -0.0397. The molecule has 0 aliphatic carbocycles. The van der Waals surface area contributed by atoms with Crippen LogP contribution in [0.4, 0.5) is 23.0 Å². The molecule has 0 fully saturated rings. The van der Waals surface area contributed by atoms with Crippen LogP contribution < -0.4 is 22.9 Å². The maximum atomic E-state index is 5.59. The predicted molar refractivity (Wildman–Crippen MR) is 73.5 cm³/mol. The summed E-state index contributed by atoms with van der Waals surface area (Å²) < 4.78 is 3.21. The first-order valence-corrected chi connectivity index (χ1v) is 5.49. The van der Waals surface area contributed by atoms with Crippen LogP contribution in [0, 0.1) is 6.92 Å². The van der Waals surface area contributed by atoms with Gasteiger partial charge in [0.15, 0.2) is 0 Å². The van der Waals surface area contributed by atoms with Gasteiger partial charge < -0.3 is 22.9 Å². The molecule has 18 heavy (non-hydrogen) atoms. The van der Waals surface area contributed by atoms with Gasteiger partial charge in [-0.15, -0.1) is 0 Å². The molecule has 8 heteroatoms. The zero-order chi connectivity index (χ0) is 13.9. The van der Waals surface area contributed by atoms with E-state index >= 15 is 0 Å². The summed E-state index contributed by atoms with van der Waals surface area (Å²) in [7, 11) is 1.74. The van der Waals surface area contributed by atoms with Crippen molar-refractivity contribution in [2.24, 2.45) is 7.05 Å². The lowest BCUT2D eigenvalue weighted by Gasteiger charge is -1.96. The molecule has 0 unspecified atom stereocenters. The molecule has 2 aromatic rings.